The van der Waals surface area contributed by atoms with E-state index < -0.39 is 6.04 Å². The van der Waals surface area contributed by atoms with Crippen LogP contribution in [0.4, 0.5) is 5.69 Å². The van der Waals surface area contributed by atoms with Crippen molar-refractivity contribution in [3.8, 4) is 39.9 Å². The van der Waals surface area contributed by atoms with Crippen LogP contribution in [0.25, 0.3) is 16.9 Å². The van der Waals surface area contributed by atoms with Gasteiger partial charge in [0.1, 0.15) is 5.75 Å². The summed E-state index contributed by atoms with van der Waals surface area (Å²) in [5, 5.41) is 11.0. The molecule has 1 amide bonds. The van der Waals surface area contributed by atoms with Crippen LogP contribution in [0.15, 0.2) is 36.5 Å². The van der Waals surface area contributed by atoms with E-state index in [1.165, 1.54) is 14.2 Å². The Kier molecular flexibility index (Phi) is 8.27. The van der Waals surface area contributed by atoms with Crippen molar-refractivity contribution in [2.45, 2.75) is 13.0 Å². The Balaban J connectivity index is 0.00000363. The fourth-order valence-corrected chi connectivity index (χ4v) is 3.02. The van der Waals surface area contributed by atoms with Crippen LogP contribution in [0.1, 0.15) is 6.92 Å². The van der Waals surface area contributed by atoms with Crippen LogP contribution in [-0.2, 0) is 4.79 Å². The van der Waals surface area contributed by atoms with Crippen LogP contribution in [0, 0.1) is 0 Å². The summed E-state index contributed by atoms with van der Waals surface area (Å²) in [6.07, 6.45) is 1.61. The van der Waals surface area contributed by atoms with Crippen molar-refractivity contribution in [1.29, 1.82) is 0 Å². The summed E-state index contributed by atoms with van der Waals surface area (Å²) >= 11 is 0. The predicted octanol–water partition coefficient (Wildman–Crippen LogP) is 2.68. The maximum atomic E-state index is 12.1. The van der Waals surface area contributed by atoms with Gasteiger partial charge < -0.3 is 30.0 Å². The van der Waals surface area contributed by atoms with E-state index >= 15 is 0 Å². The zero-order chi connectivity index (χ0) is 22.5. The van der Waals surface area contributed by atoms with Gasteiger partial charge in [0.15, 0.2) is 11.5 Å². The molecule has 0 aliphatic rings. The lowest BCUT2D eigenvalue weighted by Crippen LogP contribution is -2.32. The molecule has 0 saturated carbocycles. The second-order valence-electron chi connectivity index (χ2n) is 6.61. The Labute approximate surface area is 192 Å². The third kappa shape index (κ3) is 4.87. The molecule has 0 radical (unpaired) electrons. The van der Waals surface area contributed by atoms with Crippen molar-refractivity contribution < 1.29 is 23.7 Å². The first-order chi connectivity index (χ1) is 14.9. The van der Waals surface area contributed by atoms with Crippen LogP contribution in [0.2, 0.25) is 0 Å². The number of amides is 1. The average molecular weight is 464 g/mol. The first kappa shape index (κ1) is 24.8. The minimum absolute atomic E-state index is 0. The Morgan fingerprint density at radius 1 is 1.00 bits per heavy atom. The van der Waals surface area contributed by atoms with Crippen LogP contribution in [-0.4, -0.2) is 55.4 Å². The highest BCUT2D eigenvalue weighted by atomic mass is 35.5. The molecule has 0 aliphatic carbocycles. The molecule has 32 heavy (non-hydrogen) atoms. The number of hydrogen-bond acceptors (Lipinski definition) is 8. The van der Waals surface area contributed by atoms with E-state index in [-0.39, 0.29) is 18.3 Å². The van der Waals surface area contributed by atoms with Crippen molar-refractivity contribution in [3.05, 3.63) is 36.5 Å². The summed E-state index contributed by atoms with van der Waals surface area (Å²) < 4.78 is 23.2. The molecule has 3 N–H and O–H groups in total. The van der Waals surface area contributed by atoms with E-state index in [4.69, 9.17) is 24.7 Å². The zero-order valence-corrected chi connectivity index (χ0v) is 19.2. The summed E-state index contributed by atoms with van der Waals surface area (Å²) in [6, 6.07) is 8.22. The molecular formula is C21H26ClN5O5. The quantitative estimate of drug-likeness (QED) is 0.522. The number of halogens is 1. The molecule has 3 rings (SSSR count). The van der Waals surface area contributed by atoms with E-state index in [9.17, 15) is 4.79 Å². The van der Waals surface area contributed by atoms with Crippen molar-refractivity contribution in [2.24, 2.45) is 5.73 Å². The van der Waals surface area contributed by atoms with Crippen LogP contribution in [0.5, 0.6) is 23.0 Å². The summed E-state index contributed by atoms with van der Waals surface area (Å²) in [4.78, 5) is 12.1. The summed E-state index contributed by atoms with van der Waals surface area (Å²) in [5.74, 6) is 1.62. The third-order valence-electron chi connectivity index (χ3n) is 4.61. The monoisotopic (exact) mass is 463 g/mol. The summed E-state index contributed by atoms with van der Waals surface area (Å²) in [5.41, 5.74) is 8.24. The van der Waals surface area contributed by atoms with E-state index in [1.54, 1.807) is 56.3 Å². The maximum Gasteiger partial charge on any atom is 0.241 e. The Hall–Kier alpha value is -3.50. The standard InChI is InChI=1S/C21H25N5O5.ClH/c1-12(22)21(27)24-15-8-13(6-7-17(15)28-2)16-11-23-25-26(16)14-9-18(29-3)20(31-5)19(10-14)30-4;/h6-12H,22H2,1-5H3,(H,24,27);1H. The zero-order valence-electron chi connectivity index (χ0n) is 18.4. The molecule has 0 fully saturated rings. The highest BCUT2D eigenvalue weighted by Crippen LogP contribution is 2.40. The summed E-state index contributed by atoms with van der Waals surface area (Å²) in [7, 11) is 6.15. The molecular weight excluding hydrogens is 438 g/mol. The lowest BCUT2D eigenvalue weighted by atomic mass is 10.1. The third-order valence-corrected chi connectivity index (χ3v) is 4.61. The van der Waals surface area contributed by atoms with Crippen LogP contribution >= 0.6 is 12.4 Å². The molecule has 1 aromatic heterocycles. The molecule has 10 nitrogen and oxygen atoms in total. The fourth-order valence-electron chi connectivity index (χ4n) is 3.02. The van der Waals surface area contributed by atoms with Crippen molar-refractivity contribution >= 4 is 24.0 Å². The van der Waals surface area contributed by atoms with E-state index in [2.05, 4.69) is 15.6 Å². The fraction of sp³-hybridized carbons (Fsp3) is 0.286. The molecule has 3 aromatic rings. The van der Waals surface area contributed by atoms with Gasteiger partial charge in [-0.25, -0.2) is 4.68 Å². The van der Waals surface area contributed by atoms with Gasteiger partial charge >= 0.3 is 0 Å². The number of nitrogens with two attached hydrogens (primary N) is 1. The second kappa shape index (κ2) is 10.7. The first-order valence-electron chi connectivity index (χ1n) is 9.39. The molecule has 0 bridgehead atoms. The van der Waals surface area contributed by atoms with Crippen molar-refractivity contribution in [1.82, 2.24) is 15.0 Å². The second-order valence-corrected chi connectivity index (χ2v) is 6.61. The van der Waals surface area contributed by atoms with Gasteiger partial charge in [-0.2, -0.15) is 0 Å². The van der Waals surface area contributed by atoms with Gasteiger partial charge in [-0.15, -0.1) is 17.5 Å². The van der Waals surface area contributed by atoms with Gasteiger partial charge in [-0.1, -0.05) is 5.21 Å². The SMILES string of the molecule is COc1ccc(-c2cnnn2-c2cc(OC)c(OC)c(OC)c2)cc1NC(=O)C(C)N.Cl. The number of carbonyl (C=O) groups is 1. The lowest BCUT2D eigenvalue weighted by molar-refractivity contribution is -0.117. The van der Waals surface area contributed by atoms with Gasteiger partial charge in [-0.3, -0.25) is 4.79 Å². The number of anilines is 1. The lowest BCUT2D eigenvalue weighted by Gasteiger charge is -2.16. The topological polar surface area (TPSA) is 123 Å². The average Bonchev–Trinajstić information content (AvgIpc) is 3.27. The van der Waals surface area contributed by atoms with E-state index in [0.717, 1.165) is 5.56 Å². The smallest absolute Gasteiger partial charge is 0.241 e. The maximum absolute atomic E-state index is 12.1. The molecule has 172 valence electrons. The number of hydrogen-bond donors (Lipinski definition) is 2. The normalized spacial score (nSPS) is 11.2. The molecule has 11 heteroatoms. The number of rotatable bonds is 8. The molecule has 1 heterocycles. The summed E-state index contributed by atoms with van der Waals surface area (Å²) in [6.45, 7) is 1.61. The first-order valence-corrected chi connectivity index (χ1v) is 9.39. The number of nitrogens with one attached hydrogen (secondary N) is 1. The largest absolute Gasteiger partial charge is 0.495 e. The minimum atomic E-state index is -0.667. The van der Waals surface area contributed by atoms with Crippen molar-refractivity contribution in [3.63, 3.8) is 0 Å². The highest BCUT2D eigenvalue weighted by molar-refractivity contribution is 5.96. The van der Waals surface area contributed by atoms with Gasteiger partial charge in [-0.05, 0) is 25.1 Å². The van der Waals surface area contributed by atoms with Gasteiger partial charge in [0, 0.05) is 17.7 Å². The Bertz CT molecular complexity index is 1060. The molecule has 1 atom stereocenters. The highest BCUT2D eigenvalue weighted by Gasteiger charge is 2.18. The van der Waals surface area contributed by atoms with Crippen molar-refractivity contribution in [2.75, 3.05) is 33.8 Å². The number of carbonyl (C=O) groups excluding carboxylic acids is 1. The number of methoxy groups -OCH3 is 4. The Morgan fingerprint density at radius 3 is 2.16 bits per heavy atom. The number of nitrogens with zero attached hydrogens (tertiary/aromatic N) is 3. The van der Waals surface area contributed by atoms with E-state index in [0.29, 0.717) is 40.1 Å². The van der Waals surface area contributed by atoms with Crippen LogP contribution < -0.4 is 30.0 Å². The van der Waals surface area contributed by atoms with Gasteiger partial charge in [0.05, 0.1) is 57.7 Å². The van der Waals surface area contributed by atoms with E-state index in [1.807, 2.05) is 6.07 Å². The number of benzene rings is 2. The van der Waals surface area contributed by atoms with Gasteiger partial charge in [0.25, 0.3) is 0 Å². The number of aromatic nitrogens is 3. The molecule has 0 saturated heterocycles. The van der Waals surface area contributed by atoms with Crippen LogP contribution in [0.3, 0.4) is 0 Å². The Morgan fingerprint density at radius 2 is 1.62 bits per heavy atom. The molecule has 0 spiro atoms. The number of ether oxygens (including phenoxy) is 4. The molecule has 2 aromatic carbocycles. The predicted molar refractivity (Wildman–Crippen MR) is 123 cm³/mol. The minimum Gasteiger partial charge on any atom is -0.495 e. The molecule has 1 unspecified atom stereocenters. The van der Waals surface area contributed by atoms with Gasteiger partial charge in [0.2, 0.25) is 11.7 Å². The molecule has 0 aliphatic heterocycles.